The van der Waals surface area contributed by atoms with Crippen molar-refractivity contribution in [2.45, 2.75) is 53.1 Å². The van der Waals surface area contributed by atoms with Crippen LogP contribution in [0, 0.1) is 5.41 Å². The number of carbonyl (C=O) groups excluding carboxylic acids is 1. The number of hydrogen-bond donors (Lipinski definition) is 1. The SMILES string of the molecule is CCN(Cc1ccccc1Cl)C(=O)CC(N)CC(C)(C)C. The van der Waals surface area contributed by atoms with Crippen molar-refractivity contribution in [1.82, 2.24) is 4.90 Å². The van der Waals surface area contributed by atoms with E-state index in [0.717, 1.165) is 12.0 Å². The molecule has 0 saturated heterocycles. The number of rotatable bonds is 6. The molecule has 1 rings (SSSR count). The number of halogens is 1. The number of hydrogen-bond acceptors (Lipinski definition) is 2. The molecule has 0 spiro atoms. The summed E-state index contributed by atoms with van der Waals surface area (Å²) in [6.07, 6.45) is 1.22. The van der Waals surface area contributed by atoms with Gasteiger partial charge in [0.05, 0.1) is 0 Å². The van der Waals surface area contributed by atoms with Crippen LogP contribution in [0.2, 0.25) is 5.02 Å². The minimum absolute atomic E-state index is 0.0918. The molecule has 3 nitrogen and oxygen atoms in total. The molecule has 1 amide bonds. The maximum absolute atomic E-state index is 12.4. The summed E-state index contributed by atoms with van der Waals surface area (Å²) in [5.41, 5.74) is 7.21. The third-order valence-corrected chi connectivity index (χ3v) is 3.73. The highest BCUT2D eigenvalue weighted by Crippen LogP contribution is 2.22. The lowest BCUT2D eigenvalue weighted by Gasteiger charge is -2.26. The molecule has 0 saturated carbocycles. The van der Waals surface area contributed by atoms with Gasteiger partial charge in [-0.2, -0.15) is 0 Å². The molecule has 0 aliphatic rings. The monoisotopic (exact) mass is 310 g/mol. The first-order chi connectivity index (χ1) is 9.73. The zero-order valence-corrected chi connectivity index (χ0v) is 14.3. The zero-order valence-electron chi connectivity index (χ0n) is 13.5. The van der Waals surface area contributed by atoms with E-state index in [4.69, 9.17) is 17.3 Å². The van der Waals surface area contributed by atoms with E-state index in [9.17, 15) is 4.79 Å². The van der Waals surface area contributed by atoms with Crippen LogP contribution in [0.1, 0.15) is 46.1 Å². The van der Waals surface area contributed by atoms with Crippen LogP contribution in [-0.4, -0.2) is 23.4 Å². The van der Waals surface area contributed by atoms with Gasteiger partial charge in [0.15, 0.2) is 0 Å². The van der Waals surface area contributed by atoms with Crippen molar-refractivity contribution >= 4 is 17.5 Å². The first-order valence-corrected chi connectivity index (χ1v) is 7.87. The quantitative estimate of drug-likeness (QED) is 0.867. The summed E-state index contributed by atoms with van der Waals surface area (Å²) in [5.74, 6) is 0.0918. The van der Waals surface area contributed by atoms with Crippen LogP contribution in [0.25, 0.3) is 0 Å². The molecular formula is C17H27ClN2O. The number of nitrogens with zero attached hydrogens (tertiary/aromatic N) is 1. The van der Waals surface area contributed by atoms with E-state index in [-0.39, 0.29) is 17.4 Å². The molecule has 0 radical (unpaired) electrons. The highest BCUT2D eigenvalue weighted by Gasteiger charge is 2.21. The first kappa shape index (κ1) is 18.0. The van der Waals surface area contributed by atoms with Crippen molar-refractivity contribution in [2.75, 3.05) is 6.54 Å². The van der Waals surface area contributed by atoms with Crippen molar-refractivity contribution in [3.63, 3.8) is 0 Å². The lowest BCUT2D eigenvalue weighted by molar-refractivity contribution is -0.132. The highest BCUT2D eigenvalue weighted by molar-refractivity contribution is 6.31. The Morgan fingerprint density at radius 2 is 1.95 bits per heavy atom. The molecule has 0 fully saturated rings. The molecule has 0 bridgehead atoms. The molecule has 0 aliphatic carbocycles. The molecule has 0 aliphatic heterocycles. The van der Waals surface area contributed by atoms with Crippen molar-refractivity contribution in [1.29, 1.82) is 0 Å². The molecule has 21 heavy (non-hydrogen) atoms. The normalized spacial score (nSPS) is 13.0. The molecule has 1 aromatic rings. The lowest BCUT2D eigenvalue weighted by atomic mass is 9.87. The van der Waals surface area contributed by atoms with Crippen LogP contribution in [0.5, 0.6) is 0 Å². The average Bonchev–Trinajstić information content (AvgIpc) is 2.35. The largest absolute Gasteiger partial charge is 0.339 e. The summed E-state index contributed by atoms with van der Waals surface area (Å²) >= 11 is 6.16. The van der Waals surface area contributed by atoms with Gasteiger partial charge >= 0.3 is 0 Å². The predicted octanol–water partition coefficient (Wildman–Crippen LogP) is 3.84. The van der Waals surface area contributed by atoms with E-state index in [2.05, 4.69) is 20.8 Å². The van der Waals surface area contributed by atoms with E-state index >= 15 is 0 Å². The minimum atomic E-state index is -0.0993. The van der Waals surface area contributed by atoms with Crippen LogP contribution in [0.3, 0.4) is 0 Å². The second-order valence-corrected chi connectivity index (χ2v) is 7.14. The van der Waals surface area contributed by atoms with Gasteiger partial charge in [0.2, 0.25) is 5.91 Å². The van der Waals surface area contributed by atoms with Crippen LogP contribution in [-0.2, 0) is 11.3 Å². The molecule has 1 atom stereocenters. The van der Waals surface area contributed by atoms with Crippen molar-refractivity contribution < 1.29 is 4.79 Å². The van der Waals surface area contributed by atoms with Crippen LogP contribution in [0.4, 0.5) is 0 Å². The molecule has 4 heteroatoms. The van der Waals surface area contributed by atoms with E-state index in [1.807, 2.05) is 36.1 Å². The van der Waals surface area contributed by atoms with Gasteiger partial charge in [0, 0.05) is 30.6 Å². The van der Waals surface area contributed by atoms with E-state index < -0.39 is 0 Å². The maximum Gasteiger partial charge on any atom is 0.224 e. The van der Waals surface area contributed by atoms with Gasteiger partial charge in [-0.05, 0) is 30.4 Å². The highest BCUT2D eigenvalue weighted by atomic mass is 35.5. The second-order valence-electron chi connectivity index (χ2n) is 6.73. The summed E-state index contributed by atoms with van der Waals surface area (Å²) in [6.45, 7) is 9.59. The molecule has 1 unspecified atom stereocenters. The van der Waals surface area contributed by atoms with E-state index in [0.29, 0.717) is 24.5 Å². The molecular weight excluding hydrogens is 284 g/mol. The fourth-order valence-corrected chi connectivity index (χ4v) is 2.62. The van der Waals surface area contributed by atoms with Gasteiger partial charge in [0.25, 0.3) is 0 Å². The Hall–Kier alpha value is -1.06. The Kier molecular flexibility index (Phi) is 6.69. The van der Waals surface area contributed by atoms with Gasteiger partial charge in [-0.1, -0.05) is 50.6 Å². The van der Waals surface area contributed by atoms with Gasteiger partial charge < -0.3 is 10.6 Å². The fraction of sp³-hybridized carbons (Fsp3) is 0.588. The summed E-state index contributed by atoms with van der Waals surface area (Å²) in [5, 5.41) is 0.697. The average molecular weight is 311 g/mol. The predicted molar refractivity (Wildman–Crippen MR) is 89.2 cm³/mol. The maximum atomic E-state index is 12.4. The van der Waals surface area contributed by atoms with E-state index in [1.54, 1.807) is 0 Å². The Bertz CT molecular complexity index is 468. The Morgan fingerprint density at radius 3 is 2.48 bits per heavy atom. The molecule has 2 N–H and O–H groups in total. The summed E-state index contributed by atoms with van der Waals surface area (Å²) < 4.78 is 0. The zero-order chi connectivity index (χ0) is 16.0. The van der Waals surface area contributed by atoms with Gasteiger partial charge in [0.1, 0.15) is 0 Å². The lowest BCUT2D eigenvalue weighted by Crippen LogP contribution is -2.37. The van der Waals surface area contributed by atoms with Crippen LogP contribution < -0.4 is 5.73 Å². The van der Waals surface area contributed by atoms with Gasteiger partial charge in [-0.25, -0.2) is 0 Å². The number of amides is 1. The van der Waals surface area contributed by atoms with Crippen LogP contribution >= 0.6 is 11.6 Å². The Morgan fingerprint density at radius 1 is 1.33 bits per heavy atom. The molecule has 0 aromatic heterocycles. The van der Waals surface area contributed by atoms with Gasteiger partial charge in [-0.15, -0.1) is 0 Å². The first-order valence-electron chi connectivity index (χ1n) is 7.49. The number of benzene rings is 1. The third-order valence-electron chi connectivity index (χ3n) is 3.36. The second kappa shape index (κ2) is 7.81. The third kappa shape index (κ3) is 6.49. The molecule has 118 valence electrons. The van der Waals surface area contributed by atoms with Gasteiger partial charge in [-0.3, -0.25) is 4.79 Å². The number of nitrogens with two attached hydrogens (primary N) is 1. The number of carbonyl (C=O) groups is 1. The van der Waals surface area contributed by atoms with Crippen molar-refractivity contribution in [2.24, 2.45) is 11.1 Å². The summed E-state index contributed by atoms with van der Waals surface area (Å²) in [4.78, 5) is 14.2. The standard InChI is InChI=1S/C17H27ClN2O/c1-5-20(12-13-8-6-7-9-15(13)18)16(21)10-14(19)11-17(2,3)4/h6-9,14H,5,10-12,19H2,1-4H3. The minimum Gasteiger partial charge on any atom is -0.339 e. The van der Waals surface area contributed by atoms with Crippen LogP contribution in [0.15, 0.2) is 24.3 Å². The smallest absolute Gasteiger partial charge is 0.224 e. The summed E-state index contributed by atoms with van der Waals surface area (Å²) in [6, 6.07) is 7.53. The van der Waals surface area contributed by atoms with Crippen molar-refractivity contribution in [3.05, 3.63) is 34.9 Å². The fourth-order valence-electron chi connectivity index (χ4n) is 2.42. The van der Waals surface area contributed by atoms with E-state index in [1.165, 1.54) is 0 Å². The Labute approximate surface area is 133 Å². The molecule has 1 aromatic carbocycles. The van der Waals surface area contributed by atoms with Crippen molar-refractivity contribution in [3.8, 4) is 0 Å². The summed E-state index contributed by atoms with van der Waals surface area (Å²) in [7, 11) is 0. The Balaban J connectivity index is 2.64. The molecule has 0 heterocycles. The topological polar surface area (TPSA) is 46.3 Å².